The average Bonchev–Trinajstić information content (AvgIpc) is 2.66. The highest BCUT2D eigenvalue weighted by molar-refractivity contribution is 6.02. The van der Waals surface area contributed by atoms with Crippen LogP contribution in [0.2, 0.25) is 0 Å². The second-order valence-corrected chi connectivity index (χ2v) is 6.45. The lowest BCUT2D eigenvalue weighted by Crippen LogP contribution is -2.30. The van der Waals surface area contributed by atoms with Gasteiger partial charge in [-0.1, -0.05) is 18.2 Å². The van der Waals surface area contributed by atoms with Gasteiger partial charge >= 0.3 is 0 Å². The number of hydrogen-bond donors (Lipinski definition) is 3. The van der Waals surface area contributed by atoms with Crippen LogP contribution in [0.3, 0.4) is 0 Å². The molecule has 1 saturated heterocycles. The number of rotatable bonds is 6. The topological polar surface area (TPSA) is 70.6 Å². The second-order valence-electron chi connectivity index (χ2n) is 6.45. The van der Waals surface area contributed by atoms with Crippen LogP contribution >= 0.6 is 0 Å². The molecule has 1 aliphatic heterocycles. The Morgan fingerprint density at radius 2 is 2.00 bits per heavy atom. The molecular formula is C21H24N2O3. The number of phenolic OH excluding ortho intramolecular Hbond substituents is 1. The number of ether oxygens (including phenoxy) is 1. The normalized spacial score (nSPS) is 15.1. The van der Waals surface area contributed by atoms with Gasteiger partial charge in [-0.05, 0) is 67.8 Å². The molecule has 0 atom stereocenters. The van der Waals surface area contributed by atoms with E-state index in [-0.39, 0.29) is 11.7 Å². The van der Waals surface area contributed by atoms with E-state index in [0.717, 1.165) is 37.2 Å². The average molecular weight is 352 g/mol. The number of piperidine rings is 1. The summed E-state index contributed by atoms with van der Waals surface area (Å²) in [7, 11) is 0. The van der Waals surface area contributed by atoms with E-state index in [1.807, 2.05) is 30.3 Å². The Labute approximate surface area is 153 Å². The molecule has 2 aromatic rings. The number of carbonyl (C=O) groups is 1. The van der Waals surface area contributed by atoms with Gasteiger partial charge in [0.05, 0.1) is 6.61 Å². The van der Waals surface area contributed by atoms with Gasteiger partial charge in [-0.3, -0.25) is 4.79 Å². The predicted octanol–water partition coefficient (Wildman–Crippen LogP) is 3.42. The molecule has 0 bridgehead atoms. The lowest BCUT2D eigenvalue weighted by Gasteiger charge is -2.22. The van der Waals surface area contributed by atoms with Crippen molar-refractivity contribution < 1.29 is 14.6 Å². The van der Waals surface area contributed by atoms with E-state index >= 15 is 0 Å². The van der Waals surface area contributed by atoms with E-state index in [4.69, 9.17) is 4.74 Å². The van der Waals surface area contributed by atoms with Gasteiger partial charge in [0.25, 0.3) is 0 Å². The standard InChI is InChI=1S/C21H24N2O3/c24-19-5-1-3-16(13-19)7-8-21(25)23-18-4-2-6-20(14-18)26-15-17-9-11-22-12-10-17/h1-8,13-14,17,22,24H,9-12,15H2,(H,23,25)/b8-7+. The van der Waals surface area contributed by atoms with Crippen LogP contribution in [-0.4, -0.2) is 30.7 Å². The lowest BCUT2D eigenvalue weighted by atomic mass is 9.99. The molecule has 2 aromatic carbocycles. The Morgan fingerprint density at radius 1 is 1.19 bits per heavy atom. The molecule has 0 aromatic heterocycles. The molecule has 1 aliphatic rings. The molecule has 0 aliphatic carbocycles. The quantitative estimate of drug-likeness (QED) is 0.697. The molecule has 136 valence electrons. The maximum atomic E-state index is 12.1. The first-order chi connectivity index (χ1) is 12.7. The third kappa shape index (κ3) is 5.63. The summed E-state index contributed by atoms with van der Waals surface area (Å²) in [5, 5.41) is 15.6. The number of nitrogens with one attached hydrogen (secondary N) is 2. The van der Waals surface area contributed by atoms with Crippen LogP contribution in [0.1, 0.15) is 18.4 Å². The molecule has 1 fully saturated rings. The molecular weight excluding hydrogens is 328 g/mol. The van der Waals surface area contributed by atoms with Crippen LogP contribution in [0.4, 0.5) is 5.69 Å². The van der Waals surface area contributed by atoms with Crippen molar-refractivity contribution in [3.63, 3.8) is 0 Å². The fourth-order valence-corrected chi connectivity index (χ4v) is 2.91. The van der Waals surface area contributed by atoms with Crippen molar-refractivity contribution in [2.24, 2.45) is 5.92 Å². The summed E-state index contributed by atoms with van der Waals surface area (Å²) < 4.78 is 5.89. The molecule has 0 spiro atoms. The first-order valence-corrected chi connectivity index (χ1v) is 8.91. The van der Waals surface area contributed by atoms with E-state index in [1.54, 1.807) is 24.3 Å². The fourth-order valence-electron chi connectivity index (χ4n) is 2.91. The summed E-state index contributed by atoms with van der Waals surface area (Å²) >= 11 is 0. The van der Waals surface area contributed by atoms with E-state index < -0.39 is 0 Å². The van der Waals surface area contributed by atoms with Gasteiger partial charge in [0, 0.05) is 17.8 Å². The maximum absolute atomic E-state index is 12.1. The summed E-state index contributed by atoms with van der Waals surface area (Å²) in [5.74, 6) is 1.29. The molecule has 5 nitrogen and oxygen atoms in total. The summed E-state index contributed by atoms with van der Waals surface area (Å²) in [5.41, 5.74) is 1.46. The smallest absolute Gasteiger partial charge is 0.248 e. The molecule has 3 N–H and O–H groups in total. The van der Waals surface area contributed by atoms with Crippen molar-refractivity contribution in [1.29, 1.82) is 0 Å². The number of benzene rings is 2. The van der Waals surface area contributed by atoms with E-state index in [0.29, 0.717) is 18.2 Å². The van der Waals surface area contributed by atoms with Crippen molar-refractivity contribution in [3.05, 3.63) is 60.2 Å². The molecule has 0 unspecified atom stereocenters. The van der Waals surface area contributed by atoms with E-state index in [2.05, 4.69) is 10.6 Å². The van der Waals surface area contributed by atoms with Gasteiger partial charge in [0.15, 0.2) is 0 Å². The molecule has 5 heteroatoms. The van der Waals surface area contributed by atoms with E-state index in [1.165, 1.54) is 6.08 Å². The molecule has 0 radical (unpaired) electrons. The summed E-state index contributed by atoms with van der Waals surface area (Å²) in [4.78, 5) is 12.1. The van der Waals surface area contributed by atoms with Crippen molar-refractivity contribution in [1.82, 2.24) is 5.32 Å². The first kappa shape index (κ1) is 18.0. The van der Waals surface area contributed by atoms with Gasteiger partial charge in [-0.25, -0.2) is 0 Å². The first-order valence-electron chi connectivity index (χ1n) is 8.91. The van der Waals surface area contributed by atoms with Gasteiger partial charge in [0.1, 0.15) is 11.5 Å². The highest BCUT2D eigenvalue weighted by Gasteiger charge is 2.13. The van der Waals surface area contributed by atoms with Gasteiger partial charge in [-0.15, -0.1) is 0 Å². The Morgan fingerprint density at radius 3 is 2.81 bits per heavy atom. The minimum Gasteiger partial charge on any atom is -0.508 e. The maximum Gasteiger partial charge on any atom is 0.248 e. The zero-order chi connectivity index (χ0) is 18.2. The van der Waals surface area contributed by atoms with Crippen LogP contribution in [0, 0.1) is 5.92 Å². The highest BCUT2D eigenvalue weighted by Crippen LogP contribution is 2.20. The summed E-state index contributed by atoms with van der Waals surface area (Å²) in [6, 6.07) is 14.2. The molecule has 0 saturated carbocycles. The number of hydrogen-bond acceptors (Lipinski definition) is 4. The number of amides is 1. The Hall–Kier alpha value is -2.79. The van der Waals surface area contributed by atoms with Crippen molar-refractivity contribution in [2.75, 3.05) is 25.0 Å². The zero-order valence-corrected chi connectivity index (χ0v) is 14.7. The minimum absolute atomic E-state index is 0.172. The van der Waals surface area contributed by atoms with Gasteiger partial charge in [0.2, 0.25) is 5.91 Å². The van der Waals surface area contributed by atoms with Crippen LogP contribution in [0.5, 0.6) is 11.5 Å². The predicted molar refractivity (Wildman–Crippen MR) is 103 cm³/mol. The zero-order valence-electron chi connectivity index (χ0n) is 14.7. The summed E-state index contributed by atoms with van der Waals surface area (Å²) in [6.07, 6.45) is 5.37. The molecule has 3 rings (SSSR count). The number of anilines is 1. The number of phenols is 1. The van der Waals surface area contributed by atoms with Crippen LogP contribution in [0.25, 0.3) is 6.08 Å². The highest BCUT2D eigenvalue weighted by atomic mass is 16.5. The van der Waals surface area contributed by atoms with Crippen molar-refractivity contribution in [3.8, 4) is 11.5 Å². The third-order valence-electron chi connectivity index (χ3n) is 4.34. The minimum atomic E-state index is -0.233. The SMILES string of the molecule is O=C(/C=C/c1cccc(O)c1)Nc1cccc(OCC2CCNCC2)c1. The van der Waals surface area contributed by atoms with Crippen molar-refractivity contribution in [2.45, 2.75) is 12.8 Å². The van der Waals surface area contributed by atoms with Crippen LogP contribution in [-0.2, 0) is 4.79 Å². The van der Waals surface area contributed by atoms with Gasteiger partial charge < -0.3 is 20.5 Å². The summed E-state index contributed by atoms with van der Waals surface area (Å²) in [6.45, 7) is 2.81. The lowest BCUT2D eigenvalue weighted by molar-refractivity contribution is -0.111. The van der Waals surface area contributed by atoms with E-state index in [9.17, 15) is 9.90 Å². The van der Waals surface area contributed by atoms with Crippen molar-refractivity contribution >= 4 is 17.7 Å². The largest absolute Gasteiger partial charge is 0.508 e. The Kier molecular flexibility index (Phi) is 6.28. The Balaban J connectivity index is 1.53. The van der Waals surface area contributed by atoms with Gasteiger partial charge in [-0.2, -0.15) is 0 Å². The fraction of sp³-hybridized carbons (Fsp3) is 0.286. The third-order valence-corrected chi connectivity index (χ3v) is 4.34. The molecule has 1 amide bonds. The number of carbonyl (C=O) groups excluding carboxylic acids is 1. The molecule has 26 heavy (non-hydrogen) atoms. The monoisotopic (exact) mass is 352 g/mol. The molecule has 1 heterocycles. The second kappa shape index (κ2) is 9.06. The van der Waals surface area contributed by atoms with Crippen LogP contribution < -0.4 is 15.4 Å². The number of aromatic hydroxyl groups is 1. The Bertz CT molecular complexity index is 767. The van der Waals surface area contributed by atoms with Crippen LogP contribution in [0.15, 0.2) is 54.6 Å².